The lowest BCUT2D eigenvalue weighted by Crippen LogP contribution is -1.97. The molecular weight excluding hydrogens is 260 g/mol. The number of rotatable bonds is 4. The van der Waals surface area contributed by atoms with Gasteiger partial charge in [0.1, 0.15) is 0 Å². The van der Waals surface area contributed by atoms with Gasteiger partial charge in [0.15, 0.2) is 11.5 Å². The number of ether oxygens (including phenoxy) is 2. The van der Waals surface area contributed by atoms with Crippen molar-refractivity contribution in [1.29, 1.82) is 0 Å². The average Bonchev–Trinajstić information content (AvgIpc) is 2.27. The molecule has 1 N–H and O–H groups in total. The van der Waals surface area contributed by atoms with E-state index in [2.05, 4.69) is 22.5 Å². The molecule has 0 aliphatic rings. The summed E-state index contributed by atoms with van der Waals surface area (Å²) >= 11 is 3.35. The highest BCUT2D eigenvalue weighted by molar-refractivity contribution is 9.10. The van der Waals surface area contributed by atoms with Crippen LogP contribution in [-0.4, -0.2) is 19.3 Å². The van der Waals surface area contributed by atoms with Crippen LogP contribution < -0.4 is 9.47 Å². The first-order valence-corrected chi connectivity index (χ1v) is 5.15. The van der Waals surface area contributed by atoms with Crippen molar-refractivity contribution in [3.63, 3.8) is 0 Å². The number of aliphatic hydroxyl groups excluding tert-OH is 1. The van der Waals surface area contributed by atoms with Crippen LogP contribution in [0.1, 0.15) is 11.7 Å². The van der Waals surface area contributed by atoms with E-state index in [4.69, 9.17) is 9.47 Å². The van der Waals surface area contributed by atoms with E-state index in [-0.39, 0.29) is 0 Å². The van der Waals surface area contributed by atoms with E-state index >= 15 is 0 Å². The number of methoxy groups -OCH3 is 2. The molecule has 0 amide bonds. The molecule has 0 bridgehead atoms. The van der Waals surface area contributed by atoms with Gasteiger partial charge >= 0.3 is 0 Å². The van der Waals surface area contributed by atoms with Gasteiger partial charge < -0.3 is 14.6 Å². The Morgan fingerprint density at radius 3 is 2.33 bits per heavy atom. The van der Waals surface area contributed by atoms with E-state index in [0.717, 1.165) is 4.47 Å². The summed E-state index contributed by atoms with van der Waals surface area (Å²) in [6.07, 6.45) is 0.727. The Morgan fingerprint density at radius 2 is 1.87 bits per heavy atom. The Morgan fingerprint density at radius 1 is 1.33 bits per heavy atom. The van der Waals surface area contributed by atoms with Crippen LogP contribution in [0, 0.1) is 0 Å². The molecule has 1 rings (SSSR count). The molecule has 1 unspecified atom stereocenters. The van der Waals surface area contributed by atoms with Crippen LogP contribution in [0.15, 0.2) is 29.3 Å². The van der Waals surface area contributed by atoms with Crippen molar-refractivity contribution in [3.8, 4) is 11.5 Å². The third-order valence-corrected chi connectivity index (χ3v) is 2.73. The summed E-state index contributed by atoms with van der Waals surface area (Å²) in [5.41, 5.74) is 0.697. The van der Waals surface area contributed by atoms with Crippen molar-refractivity contribution >= 4 is 15.9 Å². The van der Waals surface area contributed by atoms with Gasteiger partial charge in [-0.1, -0.05) is 22.0 Å². The fourth-order valence-electron chi connectivity index (χ4n) is 1.22. The Labute approximate surface area is 97.5 Å². The standard InChI is InChI=1S/C11H13BrO3/c1-4-9(13)7-5-10(14-2)11(15-3)6-8(7)12/h4-6,9,13H,1H2,2-3H3. The highest BCUT2D eigenvalue weighted by Crippen LogP contribution is 2.36. The van der Waals surface area contributed by atoms with Gasteiger partial charge in [0.2, 0.25) is 0 Å². The lowest BCUT2D eigenvalue weighted by Gasteiger charge is -2.13. The first-order valence-electron chi connectivity index (χ1n) is 4.36. The number of halogens is 1. The van der Waals surface area contributed by atoms with Gasteiger partial charge in [0.05, 0.1) is 20.3 Å². The molecule has 0 aromatic heterocycles. The smallest absolute Gasteiger partial charge is 0.161 e. The maximum atomic E-state index is 9.65. The molecule has 1 atom stereocenters. The van der Waals surface area contributed by atoms with E-state index in [1.54, 1.807) is 26.4 Å². The second-order valence-corrected chi connectivity index (χ2v) is 3.76. The van der Waals surface area contributed by atoms with Crippen molar-refractivity contribution < 1.29 is 14.6 Å². The van der Waals surface area contributed by atoms with Gasteiger partial charge in [-0.15, -0.1) is 6.58 Å². The molecule has 0 radical (unpaired) electrons. The molecular formula is C11H13BrO3. The van der Waals surface area contributed by atoms with E-state index in [1.807, 2.05) is 0 Å². The van der Waals surface area contributed by atoms with Gasteiger partial charge in [0, 0.05) is 10.0 Å². The number of hydrogen-bond donors (Lipinski definition) is 1. The first kappa shape index (κ1) is 12.1. The largest absolute Gasteiger partial charge is 0.493 e. The molecule has 4 heteroatoms. The zero-order valence-corrected chi connectivity index (χ0v) is 10.2. The van der Waals surface area contributed by atoms with E-state index < -0.39 is 6.10 Å². The zero-order valence-electron chi connectivity index (χ0n) is 8.66. The van der Waals surface area contributed by atoms with Crippen molar-refractivity contribution in [1.82, 2.24) is 0 Å². The maximum Gasteiger partial charge on any atom is 0.161 e. The lowest BCUT2D eigenvalue weighted by atomic mass is 10.1. The summed E-state index contributed by atoms with van der Waals surface area (Å²) in [5, 5.41) is 9.65. The van der Waals surface area contributed by atoms with Crippen molar-refractivity contribution in [2.24, 2.45) is 0 Å². The Kier molecular flexibility index (Phi) is 4.17. The number of hydrogen-bond acceptors (Lipinski definition) is 3. The molecule has 0 heterocycles. The van der Waals surface area contributed by atoms with Gasteiger partial charge in [-0.05, 0) is 12.1 Å². The van der Waals surface area contributed by atoms with E-state index in [0.29, 0.717) is 17.1 Å². The van der Waals surface area contributed by atoms with Crippen molar-refractivity contribution in [2.75, 3.05) is 14.2 Å². The second-order valence-electron chi connectivity index (χ2n) is 2.91. The molecule has 0 saturated carbocycles. The van der Waals surface area contributed by atoms with Gasteiger partial charge in [-0.3, -0.25) is 0 Å². The van der Waals surface area contributed by atoms with Crippen LogP contribution in [0.3, 0.4) is 0 Å². The SMILES string of the molecule is C=CC(O)c1cc(OC)c(OC)cc1Br. The fraction of sp³-hybridized carbons (Fsp3) is 0.273. The zero-order chi connectivity index (χ0) is 11.4. The molecule has 1 aromatic carbocycles. The number of aliphatic hydroxyl groups is 1. The van der Waals surface area contributed by atoms with Crippen LogP contribution in [0.25, 0.3) is 0 Å². The lowest BCUT2D eigenvalue weighted by molar-refractivity contribution is 0.227. The third-order valence-electron chi connectivity index (χ3n) is 2.04. The monoisotopic (exact) mass is 272 g/mol. The van der Waals surface area contributed by atoms with Crippen LogP contribution in [0.4, 0.5) is 0 Å². The molecule has 0 spiro atoms. The van der Waals surface area contributed by atoms with Crippen LogP contribution in [-0.2, 0) is 0 Å². The van der Waals surface area contributed by atoms with Gasteiger partial charge in [0.25, 0.3) is 0 Å². The predicted molar refractivity (Wildman–Crippen MR) is 62.4 cm³/mol. The van der Waals surface area contributed by atoms with Gasteiger partial charge in [-0.25, -0.2) is 0 Å². The van der Waals surface area contributed by atoms with E-state index in [1.165, 1.54) is 6.08 Å². The molecule has 15 heavy (non-hydrogen) atoms. The third kappa shape index (κ3) is 2.52. The Hall–Kier alpha value is -1.00. The summed E-state index contributed by atoms with van der Waals surface area (Å²) in [6.45, 7) is 3.53. The van der Waals surface area contributed by atoms with E-state index in [9.17, 15) is 5.11 Å². The molecule has 3 nitrogen and oxygen atoms in total. The topological polar surface area (TPSA) is 38.7 Å². The summed E-state index contributed by atoms with van der Waals surface area (Å²) < 4.78 is 11.0. The Bertz CT molecular complexity index is 363. The molecule has 0 aliphatic carbocycles. The molecule has 0 aliphatic heterocycles. The average molecular weight is 273 g/mol. The highest BCUT2D eigenvalue weighted by atomic mass is 79.9. The molecule has 82 valence electrons. The molecule has 1 aromatic rings. The minimum atomic E-state index is -0.723. The molecule has 0 saturated heterocycles. The fourth-order valence-corrected chi connectivity index (χ4v) is 1.78. The minimum Gasteiger partial charge on any atom is -0.493 e. The maximum absolute atomic E-state index is 9.65. The summed E-state index contributed by atoms with van der Waals surface area (Å²) in [4.78, 5) is 0. The quantitative estimate of drug-likeness (QED) is 0.857. The van der Waals surface area contributed by atoms with Crippen LogP contribution in [0.5, 0.6) is 11.5 Å². The summed E-state index contributed by atoms with van der Waals surface area (Å²) in [6, 6.07) is 3.47. The normalized spacial score (nSPS) is 12.0. The number of benzene rings is 1. The predicted octanol–water partition coefficient (Wildman–Crippen LogP) is 2.69. The second kappa shape index (κ2) is 5.19. The summed E-state index contributed by atoms with van der Waals surface area (Å²) in [7, 11) is 3.11. The highest BCUT2D eigenvalue weighted by Gasteiger charge is 2.13. The first-order chi connectivity index (χ1) is 7.13. The molecule has 0 fully saturated rings. The van der Waals surface area contributed by atoms with Gasteiger partial charge in [-0.2, -0.15) is 0 Å². The van der Waals surface area contributed by atoms with Crippen molar-refractivity contribution in [3.05, 3.63) is 34.8 Å². The Balaban J connectivity index is 3.25. The minimum absolute atomic E-state index is 0.580. The summed E-state index contributed by atoms with van der Waals surface area (Å²) in [5.74, 6) is 1.20. The van der Waals surface area contributed by atoms with Crippen LogP contribution in [0.2, 0.25) is 0 Å². The van der Waals surface area contributed by atoms with Crippen LogP contribution >= 0.6 is 15.9 Å². The van der Waals surface area contributed by atoms with Crippen molar-refractivity contribution in [2.45, 2.75) is 6.10 Å².